The average molecular weight is 272 g/mol. The van der Waals surface area contributed by atoms with Gasteiger partial charge < -0.3 is 10.6 Å². The average Bonchev–Trinajstić information content (AvgIpc) is 2.99. The largest absolute Gasteiger partial charge is 0.360 e. The molecule has 0 fully saturated rings. The Balaban J connectivity index is 1.65. The van der Waals surface area contributed by atoms with E-state index in [4.69, 9.17) is 0 Å². The molecule has 0 aromatic heterocycles. The molecule has 3 aromatic carbocycles. The molecule has 1 atom stereocenters. The molecule has 2 N–H and O–H groups in total. The molecule has 4 rings (SSSR count). The molecular formula is C19H16N2. The lowest BCUT2D eigenvalue weighted by Crippen LogP contribution is -2.11. The molecule has 3 aromatic rings. The van der Waals surface area contributed by atoms with E-state index in [9.17, 15) is 0 Å². The molecule has 0 aliphatic carbocycles. The van der Waals surface area contributed by atoms with Crippen molar-refractivity contribution < 1.29 is 0 Å². The van der Waals surface area contributed by atoms with Crippen molar-refractivity contribution in [2.75, 3.05) is 10.6 Å². The first-order chi connectivity index (χ1) is 10.4. The van der Waals surface area contributed by atoms with E-state index in [1.54, 1.807) is 0 Å². The molecule has 0 amide bonds. The van der Waals surface area contributed by atoms with Gasteiger partial charge in [0.15, 0.2) is 0 Å². The number of benzene rings is 3. The third kappa shape index (κ3) is 2.25. The lowest BCUT2D eigenvalue weighted by molar-refractivity contribution is 0.941. The van der Waals surface area contributed by atoms with Crippen molar-refractivity contribution in [2.45, 2.75) is 6.17 Å². The molecule has 0 bridgehead atoms. The smallest absolute Gasteiger partial charge is 0.123 e. The van der Waals surface area contributed by atoms with Crippen LogP contribution in [0, 0.1) is 0 Å². The molecule has 0 spiro atoms. The van der Waals surface area contributed by atoms with Gasteiger partial charge >= 0.3 is 0 Å². The predicted octanol–water partition coefficient (Wildman–Crippen LogP) is 4.89. The molecular weight excluding hydrogens is 256 g/mol. The minimum absolute atomic E-state index is 0.146. The summed E-state index contributed by atoms with van der Waals surface area (Å²) in [6.07, 6.45) is 0.146. The van der Waals surface area contributed by atoms with Gasteiger partial charge in [-0.05, 0) is 28.8 Å². The van der Waals surface area contributed by atoms with Crippen LogP contribution < -0.4 is 10.6 Å². The summed E-state index contributed by atoms with van der Waals surface area (Å²) >= 11 is 0. The van der Waals surface area contributed by atoms with Gasteiger partial charge in [0.2, 0.25) is 0 Å². The Labute approximate surface area is 124 Å². The van der Waals surface area contributed by atoms with Gasteiger partial charge in [-0.3, -0.25) is 0 Å². The van der Waals surface area contributed by atoms with Crippen molar-refractivity contribution in [1.82, 2.24) is 0 Å². The summed E-state index contributed by atoms with van der Waals surface area (Å²) in [6.45, 7) is 0. The Morgan fingerprint density at radius 2 is 1.24 bits per heavy atom. The maximum Gasteiger partial charge on any atom is 0.123 e. The monoisotopic (exact) mass is 272 g/mol. The second-order valence-electron chi connectivity index (χ2n) is 5.26. The Hall–Kier alpha value is -2.74. The topological polar surface area (TPSA) is 24.1 Å². The highest BCUT2D eigenvalue weighted by Crippen LogP contribution is 2.37. The standard InChI is InChI=1S/C19H16N2/c1-3-7-14(8-4-1)16-11-12-17-18(13-16)21-19(20-17)15-9-5-2-6-10-15/h1-13,19-21H. The van der Waals surface area contributed by atoms with Gasteiger partial charge in [0.25, 0.3) is 0 Å². The molecule has 0 saturated heterocycles. The van der Waals surface area contributed by atoms with E-state index in [1.165, 1.54) is 16.7 Å². The van der Waals surface area contributed by atoms with E-state index in [2.05, 4.69) is 77.4 Å². The fraction of sp³-hybridized carbons (Fsp3) is 0.0526. The van der Waals surface area contributed by atoms with E-state index >= 15 is 0 Å². The predicted molar refractivity (Wildman–Crippen MR) is 88.3 cm³/mol. The first kappa shape index (κ1) is 12.0. The molecule has 2 heteroatoms. The maximum atomic E-state index is 3.55. The molecule has 1 heterocycles. The Bertz CT molecular complexity index is 751. The van der Waals surface area contributed by atoms with E-state index < -0.39 is 0 Å². The highest BCUT2D eigenvalue weighted by molar-refractivity contribution is 5.81. The number of fused-ring (bicyclic) bond motifs is 1. The van der Waals surface area contributed by atoms with Crippen molar-refractivity contribution in [3.63, 3.8) is 0 Å². The highest BCUT2D eigenvalue weighted by atomic mass is 15.2. The number of nitrogens with one attached hydrogen (secondary N) is 2. The van der Waals surface area contributed by atoms with Crippen molar-refractivity contribution in [1.29, 1.82) is 0 Å². The van der Waals surface area contributed by atoms with Crippen LogP contribution in [0.5, 0.6) is 0 Å². The summed E-state index contributed by atoms with van der Waals surface area (Å²) in [4.78, 5) is 0. The van der Waals surface area contributed by atoms with E-state index in [-0.39, 0.29) is 6.17 Å². The summed E-state index contributed by atoms with van der Waals surface area (Å²) < 4.78 is 0. The molecule has 0 radical (unpaired) electrons. The van der Waals surface area contributed by atoms with Crippen LogP contribution in [0.2, 0.25) is 0 Å². The Morgan fingerprint density at radius 3 is 2.00 bits per heavy atom. The minimum atomic E-state index is 0.146. The Morgan fingerprint density at radius 1 is 0.571 bits per heavy atom. The van der Waals surface area contributed by atoms with Crippen LogP contribution in [-0.2, 0) is 0 Å². The summed E-state index contributed by atoms with van der Waals surface area (Å²) in [5, 5.41) is 7.07. The van der Waals surface area contributed by atoms with Gasteiger partial charge in [-0.1, -0.05) is 66.7 Å². The molecule has 1 aliphatic heterocycles. The van der Waals surface area contributed by atoms with E-state index in [0.717, 1.165) is 11.4 Å². The van der Waals surface area contributed by atoms with E-state index in [1.807, 2.05) is 12.1 Å². The first-order valence-electron chi connectivity index (χ1n) is 7.18. The van der Waals surface area contributed by atoms with Gasteiger partial charge in [-0.2, -0.15) is 0 Å². The summed E-state index contributed by atoms with van der Waals surface area (Å²) in [6, 6.07) is 27.4. The third-order valence-corrected chi connectivity index (χ3v) is 3.86. The fourth-order valence-corrected chi connectivity index (χ4v) is 2.76. The van der Waals surface area contributed by atoms with Crippen LogP contribution in [0.3, 0.4) is 0 Å². The maximum absolute atomic E-state index is 3.55. The Kier molecular flexibility index (Phi) is 2.86. The zero-order valence-corrected chi connectivity index (χ0v) is 11.6. The number of hydrogen-bond acceptors (Lipinski definition) is 2. The molecule has 1 aliphatic rings. The lowest BCUT2D eigenvalue weighted by Gasteiger charge is -2.12. The third-order valence-electron chi connectivity index (χ3n) is 3.86. The minimum Gasteiger partial charge on any atom is -0.360 e. The van der Waals surface area contributed by atoms with Crippen molar-refractivity contribution in [2.24, 2.45) is 0 Å². The van der Waals surface area contributed by atoms with Crippen LogP contribution in [0.4, 0.5) is 11.4 Å². The first-order valence-corrected chi connectivity index (χ1v) is 7.18. The number of hydrogen-bond donors (Lipinski definition) is 2. The van der Waals surface area contributed by atoms with Crippen molar-refractivity contribution in [3.8, 4) is 11.1 Å². The zero-order chi connectivity index (χ0) is 14.1. The zero-order valence-electron chi connectivity index (χ0n) is 11.6. The fourth-order valence-electron chi connectivity index (χ4n) is 2.76. The number of anilines is 2. The highest BCUT2D eigenvalue weighted by Gasteiger charge is 2.20. The van der Waals surface area contributed by atoms with Gasteiger partial charge in [0.05, 0.1) is 11.4 Å². The van der Waals surface area contributed by atoms with Gasteiger partial charge in [-0.15, -0.1) is 0 Å². The molecule has 102 valence electrons. The summed E-state index contributed by atoms with van der Waals surface area (Å²) in [7, 11) is 0. The second-order valence-corrected chi connectivity index (χ2v) is 5.26. The molecule has 2 nitrogen and oxygen atoms in total. The van der Waals surface area contributed by atoms with Crippen molar-refractivity contribution >= 4 is 11.4 Å². The quantitative estimate of drug-likeness (QED) is 0.694. The van der Waals surface area contributed by atoms with Crippen LogP contribution >= 0.6 is 0 Å². The SMILES string of the molecule is c1ccc(-c2ccc3c(c2)NC(c2ccccc2)N3)cc1. The van der Waals surface area contributed by atoms with Crippen LogP contribution in [0.15, 0.2) is 78.9 Å². The second kappa shape index (κ2) is 4.98. The van der Waals surface area contributed by atoms with Crippen LogP contribution in [0.1, 0.15) is 11.7 Å². The molecule has 21 heavy (non-hydrogen) atoms. The van der Waals surface area contributed by atoms with Crippen LogP contribution in [0.25, 0.3) is 11.1 Å². The lowest BCUT2D eigenvalue weighted by atomic mass is 10.0. The number of rotatable bonds is 2. The van der Waals surface area contributed by atoms with Gasteiger partial charge in [-0.25, -0.2) is 0 Å². The van der Waals surface area contributed by atoms with Crippen LogP contribution in [-0.4, -0.2) is 0 Å². The van der Waals surface area contributed by atoms with E-state index in [0.29, 0.717) is 0 Å². The van der Waals surface area contributed by atoms with Gasteiger partial charge in [0, 0.05) is 0 Å². The summed E-state index contributed by atoms with van der Waals surface area (Å²) in [5.74, 6) is 0. The van der Waals surface area contributed by atoms with Crippen molar-refractivity contribution in [3.05, 3.63) is 84.4 Å². The summed E-state index contributed by atoms with van der Waals surface area (Å²) in [5.41, 5.74) is 6.03. The molecule has 0 saturated carbocycles. The normalized spacial score (nSPS) is 15.9. The molecule has 1 unspecified atom stereocenters. The van der Waals surface area contributed by atoms with Gasteiger partial charge in [0.1, 0.15) is 6.17 Å².